The summed E-state index contributed by atoms with van der Waals surface area (Å²) in [7, 11) is 1.75. The molecule has 0 aromatic heterocycles. The van der Waals surface area contributed by atoms with Gasteiger partial charge in [-0.25, -0.2) is 0 Å². The molecule has 1 saturated carbocycles. The van der Waals surface area contributed by atoms with Crippen molar-refractivity contribution in [3.63, 3.8) is 0 Å². The minimum atomic E-state index is 0.268. The summed E-state index contributed by atoms with van der Waals surface area (Å²) in [6.45, 7) is 8.68. The standard InChI is InChI=1S/C16H31NO3/c1-13(2)19-9-6-16(12-17-8-11-18-3)7-10-20-15(16)14-4-5-14/h13-15,17H,4-12H2,1-3H3. The van der Waals surface area contributed by atoms with E-state index in [4.69, 9.17) is 14.2 Å². The van der Waals surface area contributed by atoms with Gasteiger partial charge < -0.3 is 19.5 Å². The first-order valence-corrected chi connectivity index (χ1v) is 8.11. The van der Waals surface area contributed by atoms with E-state index in [-0.39, 0.29) is 5.41 Å². The number of hydrogen-bond donors (Lipinski definition) is 1. The molecule has 4 heteroatoms. The van der Waals surface area contributed by atoms with E-state index in [1.54, 1.807) is 7.11 Å². The number of nitrogens with one attached hydrogen (secondary N) is 1. The van der Waals surface area contributed by atoms with Gasteiger partial charge in [0.1, 0.15) is 0 Å². The average molecular weight is 285 g/mol. The Morgan fingerprint density at radius 3 is 2.75 bits per heavy atom. The van der Waals surface area contributed by atoms with Gasteiger partial charge in [0.25, 0.3) is 0 Å². The molecule has 2 atom stereocenters. The Kier molecular flexibility index (Phi) is 6.27. The lowest BCUT2D eigenvalue weighted by molar-refractivity contribution is -0.00206. The van der Waals surface area contributed by atoms with Crippen molar-refractivity contribution in [2.45, 2.75) is 51.7 Å². The van der Waals surface area contributed by atoms with Gasteiger partial charge in [0, 0.05) is 38.8 Å². The molecule has 4 nitrogen and oxygen atoms in total. The first kappa shape index (κ1) is 16.2. The fourth-order valence-electron chi connectivity index (χ4n) is 3.30. The molecule has 0 aromatic carbocycles. The average Bonchev–Trinajstić information content (AvgIpc) is 3.17. The van der Waals surface area contributed by atoms with Gasteiger partial charge in [0.2, 0.25) is 0 Å². The molecule has 1 heterocycles. The lowest BCUT2D eigenvalue weighted by Gasteiger charge is -2.35. The van der Waals surface area contributed by atoms with Crippen LogP contribution in [0.4, 0.5) is 0 Å². The van der Waals surface area contributed by atoms with Gasteiger partial charge >= 0.3 is 0 Å². The monoisotopic (exact) mass is 285 g/mol. The zero-order chi connectivity index (χ0) is 14.4. The van der Waals surface area contributed by atoms with Crippen LogP contribution >= 0.6 is 0 Å². The lowest BCUT2D eigenvalue weighted by atomic mass is 9.76. The second kappa shape index (κ2) is 7.74. The Labute approximate surface area is 123 Å². The molecule has 2 unspecified atom stereocenters. The van der Waals surface area contributed by atoms with Gasteiger partial charge in [-0.05, 0) is 45.4 Å². The Balaban J connectivity index is 1.87. The van der Waals surface area contributed by atoms with Crippen LogP contribution in [0.25, 0.3) is 0 Å². The Morgan fingerprint density at radius 2 is 2.10 bits per heavy atom. The van der Waals surface area contributed by atoms with Gasteiger partial charge in [0.15, 0.2) is 0 Å². The number of hydrogen-bond acceptors (Lipinski definition) is 4. The van der Waals surface area contributed by atoms with Crippen molar-refractivity contribution in [1.29, 1.82) is 0 Å². The number of methoxy groups -OCH3 is 1. The first-order valence-electron chi connectivity index (χ1n) is 8.11. The third-order valence-corrected chi connectivity index (χ3v) is 4.56. The zero-order valence-electron chi connectivity index (χ0n) is 13.3. The van der Waals surface area contributed by atoms with Gasteiger partial charge in [-0.3, -0.25) is 0 Å². The van der Waals surface area contributed by atoms with E-state index in [0.29, 0.717) is 12.2 Å². The highest BCUT2D eigenvalue weighted by Gasteiger charge is 2.50. The fraction of sp³-hybridized carbons (Fsp3) is 1.00. The quantitative estimate of drug-likeness (QED) is 0.625. The van der Waals surface area contributed by atoms with E-state index in [2.05, 4.69) is 19.2 Å². The highest BCUT2D eigenvalue weighted by molar-refractivity contribution is 5.00. The van der Waals surface area contributed by atoms with Crippen molar-refractivity contribution in [1.82, 2.24) is 5.32 Å². The normalized spacial score (nSPS) is 30.3. The minimum Gasteiger partial charge on any atom is -0.383 e. The van der Waals surface area contributed by atoms with E-state index in [1.807, 2.05) is 0 Å². The smallest absolute Gasteiger partial charge is 0.0673 e. The summed E-state index contributed by atoms with van der Waals surface area (Å²) in [6, 6.07) is 0. The highest BCUT2D eigenvalue weighted by Crippen LogP contribution is 2.49. The van der Waals surface area contributed by atoms with E-state index in [0.717, 1.165) is 51.7 Å². The molecule has 2 fully saturated rings. The summed E-state index contributed by atoms with van der Waals surface area (Å²) in [5.41, 5.74) is 0.268. The topological polar surface area (TPSA) is 39.7 Å². The molecule has 0 bridgehead atoms. The Bertz CT molecular complexity index is 281. The van der Waals surface area contributed by atoms with Crippen molar-refractivity contribution in [2.75, 3.05) is 40.0 Å². The maximum Gasteiger partial charge on any atom is 0.0673 e. The highest BCUT2D eigenvalue weighted by atomic mass is 16.5. The van der Waals surface area contributed by atoms with Gasteiger partial charge in [-0.1, -0.05) is 0 Å². The Hall–Kier alpha value is -0.160. The van der Waals surface area contributed by atoms with Crippen LogP contribution in [0.1, 0.15) is 39.5 Å². The Morgan fingerprint density at radius 1 is 1.30 bits per heavy atom. The maximum absolute atomic E-state index is 6.08. The summed E-state index contributed by atoms with van der Waals surface area (Å²) < 4.78 is 17.0. The van der Waals surface area contributed by atoms with Crippen molar-refractivity contribution >= 4 is 0 Å². The van der Waals surface area contributed by atoms with Crippen LogP contribution in [0.15, 0.2) is 0 Å². The van der Waals surface area contributed by atoms with Crippen LogP contribution in [-0.4, -0.2) is 52.2 Å². The lowest BCUT2D eigenvalue weighted by Crippen LogP contribution is -2.43. The molecular formula is C16H31NO3. The van der Waals surface area contributed by atoms with Crippen molar-refractivity contribution in [3.05, 3.63) is 0 Å². The van der Waals surface area contributed by atoms with Gasteiger partial charge in [0.05, 0.1) is 18.8 Å². The van der Waals surface area contributed by atoms with Gasteiger partial charge in [-0.2, -0.15) is 0 Å². The predicted octanol–water partition coefficient (Wildman–Crippen LogP) is 2.22. The van der Waals surface area contributed by atoms with Crippen LogP contribution < -0.4 is 5.32 Å². The van der Waals surface area contributed by atoms with Gasteiger partial charge in [-0.15, -0.1) is 0 Å². The molecule has 0 aromatic rings. The summed E-state index contributed by atoms with van der Waals surface area (Å²) in [6.07, 6.45) is 5.70. The van der Waals surface area contributed by atoms with Crippen LogP contribution in [0.5, 0.6) is 0 Å². The molecule has 0 spiro atoms. The number of rotatable bonds is 10. The third kappa shape index (κ3) is 4.42. The molecule has 2 aliphatic rings. The van der Waals surface area contributed by atoms with Crippen molar-refractivity contribution in [2.24, 2.45) is 11.3 Å². The minimum absolute atomic E-state index is 0.268. The molecule has 0 amide bonds. The molecule has 1 saturated heterocycles. The zero-order valence-corrected chi connectivity index (χ0v) is 13.3. The molecule has 0 radical (unpaired) electrons. The van der Waals surface area contributed by atoms with E-state index >= 15 is 0 Å². The van der Waals surface area contributed by atoms with Crippen LogP contribution in [-0.2, 0) is 14.2 Å². The molecule has 1 aliphatic heterocycles. The maximum atomic E-state index is 6.08. The molecule has 1 aliphatic carbocycles. The largest absolute Gasteiger partial charge is 0.383 e. The molecule has 2 rings (SSSR count). The SMILES string of the molecule is COCCNCC1(CCOC(C)C)CCOC1C1CC1. The van der Waals surface area contributed by atoms with E-state index in [1.165, 1.54) is 12.8 Å². The summed E-state index contributed by atoms with van der Waals surface area (Å²) in [5.74, 6) is 0.792. The van der Waals surface area contributed by atoms with Crippen LogP contribution in [0.3, 0.4) is 0 Å². The third-order valence-electron chi connectivity index (χ3n) is 4.56. The summed E-state index contributed by atoms with van der Waals surface area (Å²) in [4.78, 5) is 0. The molecule has 118 valence electrons. The van der Waals surface area contributed by atoms with Crippen LogP contribution in [0.2, 0.25) is 0 Å². The van der Waals surface area contributed by atoms with Crippen LogP contribution in [0, 0.1) is 11.3 Å². The molecule has 1 N–H and O–H groups in total. The van der Waals surface area contributed by atoms with Crippen molar-refractivity contribution in [3.8, 4) is 0 Å². The molecular weight excluding hydrogens is 254 g/mol. The predicted molar refractivity (Wildman–Crippen MR) is 80.0 cm³/mol. The van der Waals surface area contributed by atoms with Crippen molar-refractivity contribution < 1.29 is 14.2 Å². The fourth-order valence-corrected chi connectivity index (χ4v) is 3.30. The number of ether oxygens (including phenoxy) is 3. The molecule has 20 heavy (non-hydrogen) atoms. The summed E-state index contributed by atoms with van der Waals surface area (Å²) >= 11 is 0. The van der Waals surface area contributed by atoms with E-state index < -0.39 is 0 Å². The van der Waals surface area contributed by atoms with E-state index in [9.17, 15) is 0 Å². The second-order valence-electron chi connectivity index (χ2n) is 6.58. The first-order chi connectivity index (χ1) is 9.68. The second-order valence-corrected chi connectivity index (χ2v) is 6.58. The summed E-state index contributed by atoms with van der Waals surface area (Å²) in [5, 5.41) is 3.56.